The van der Waals surface area contributed by atoms with Gasteiger partial charge in [-0.05, 0) is 80.4 Å². The summed E-state index contributed by atoms with van der Waals surface area (Å²) in [5, 5.41) is 19.0. The Labute approximate surface area is 388 Å². The summed E-state index contributed by atoms with van der Waals surface area (Å²) >= 11 is 0. The Bertz CT molecular complexity index is 2610. The van der Waals surface area contributed by atoms with Crippen molar-refractivity contribution in [3.63, 3.8) is 0 Å². The molecule has 1 aliphatic rings. The van der Waals surface area contributed by atoms with Crippen molar-refractivity contribution < 1.29 is 28.8 Å². The van der Waals surface area contributed by atoms with Gasteiger partial charge in [-0.2, -0.15) is 0 Å². The minimum absolute atomic E-state index is 0.0120. The van der Waals surface area contributed by atoms with E-state index >= 15 is 0 Å². The monoisotopic (exact) mass is 912 g/mol. The number of hydrogen-bond acceptors (Lipinski definition) is 9. The molecule has 18 nitrogen and oxygen atoms in total. The number of hydrogen-bond donors (Lipinski definition) is 11. The van der Waals surface area contributed by atoms with Crippen molar-refractivity contribution in [2.45, 2.75) is 100 Å². The molecule has 3 aromatic heterocycles. The number of amides is 6. The number of fused-ring (bicyclic) bond motifs is 2. The van der Waals surface area contributed by atoms with Crippen LogP contribution in [0, 0.1) is 0 Å². The minimum Gasteiger partial charge on any atom is -0.361 e. The Morgan fingerprint density at radius 1 is 0.433 bits per heavy atom. The van der Waals surface area contributed by atoms with E-state index in [1.807, 2.05) is 78.9 Å². The zero-order valence-corrected chi connectivity index (χ0v) is 37.3. The van der Waals surface area contributed by atoms with Crippen LogP contribution in [0.3, 0.4) is 0 Å². The summed E-state index contributed by atoms with van der Waals surface area (Å²) < 4.78 is 0. The number of benzene rings is 3. The lowest BCUT2D eigenvalue weighted by Crippen LogP contribution is -2.62. The van der Waals surface area contributed by atoms with E-state index in [4.69, 9.17) is 11.5 Å². The van der Waals surface area contributed by atoms with Gasteiger partial charge in [0.2, 0.25) is 35.4 Å². The Morgan fingerprint density at radius 3 is 1.28 bits per heavy atom. The molecule has 1 fully saturated rings. The number of aromatic nitrogens is 4. The molecule has 0 radical (unpaired) electrons. The van der Waals surface area contributed by atoms with Crippen LogP contribution in [0.1, 0.15) is 60.9 Å². The average Bonchev–Trinajstić information content (AvgIpc) is 4.11. The van der Waals surface area contributed by atoms with Crippen molar-refractivity contribution in [3.8, 4) is 0 Å². The highest BCUT2D eigenvalue weighted by molar-refractivity contribution is 5.99. The van der Waals surface area contributed by atoms with Crippen LogP contribution < -0.4 is 43.4 Å². The van der Waals surface area contributed by atoms with Crippen molar-refractivity contribution in [2.75, 3.05) is 13.1 Å². The lowest BCUT2D eigenvalue weighted by atomic mass is 9.99. The molecule has 4 heterocycles. The fourth-order valence-corrected chi connectivity index (χ4v) is 8.50. The van der Waals surface area contributed by atoms with Crippen LogP contribution in [0.25, 0.3) is 21.8 Å². The molecule has 7 rings (SSSR count). The quantitative estimate of drug-likeness (QED) is 0.0631. The maximum Gasteiger partial charge on any atom is 0.243 e. The van der Waals surface area contributed by atoms with E-state index in [1.165, 1.54) is 12.5 Å². The number of rotatable bonds is 16. The van der Waals surface area contributed by atoms with Gasteiger partial charge >= 0.3 is 0 Å². The number of para-hydroxylation sites is 2. The summed E-state index contributed by atoms with van der Waals surface area (Å²) in [6.07, 6.45) is 8.90. The van der Waals surface area contributed by atoms with Gasteiger partial charge in [0.1, 0.15) is 36.3 Å². The zero-order chi connectivity index (χ0) is 47.1. The largest absolute Gasteiger partial charge is 0.361 e. The number of nitrogens with two attached hydrogens (primary N) is 2. The number of carbonyl (C=O) groups excluding carboxylic acids is 6. The molecule has 18 heteroatoms. The molecule has 1 aliphatic heterocycles. The fourth-order valence-electron chi connectivity index (χ4n) is 8.50. The van der Waals surface area contributed by atoms with Crippen LogP contribution in [0.5, 0.6) is 0 Å². The maximum absolute atomic E-state index is 14.7. The molecule has 0 saturated carbocycles. The second-order valence-electron chi connectivity index (χ2n) is 17.0. The van der Waals surface area contributed by atoms with E-state index in [-0.39, 0.29) is 38.5 Å². The smallest absolute Gasteiger partial charge is 0.243 e. The van der Waals surface area contributed by atoms with Crippen molar-refractivity contribution in [1.29, 1.82) is 0 Å². The standard InChI is InChI=1S/C49H60N12O6/c50-20-10-8-18-38-44(62)56-39(19-9-11-21-51)45(63)59-42(24-32-27-54-37-17-7-5-15-35(32)37)48(66)58-40(22-30-12-2-1-3-13-30)46(64)61-43(25-33-28-52-29-55-33)49(67)60-41(47(65)57-38)23-31-26-53-36-16-6-4-14-34(31)36/h1-7,12-17,26-29,38-43,53-54H,8-11,18-25,50-51H2,(H,52,55)(H,56,62)(H,57,65)(H,58,66)(H,59,63)(H,60,67)(H,61,64)/t38-,39+,40+,41+,42-,43-/m0/s1. The van der Waals surface area contributed by atoms with E-state index in [1.54, 1.807) is 12.4 Å². The van der Waals surface area contributed by atoms with Gasteiger partial charge in [-0.3, -0.25) is 28.8 Å². The van der Waals surface area contributed by atoms with Crippen LogP contribution in [-0.4, -0.2) is 105 Å². The number of unbranched alkanes of at least 4 members (excludes halogenated alkanes) is 2. The van der Waals surface area contributed by atoms with E-state index in [9.17, 15) is 28.8 Å². The van der Waals surface area contributed by atoms with Gasteiger partial charge in [0.15, 0.2) is 0 Å². The predicted molar refractivity (Wildman–Crippen MR) is 254 cm³/mol. The Balaban J connectivity index is 1.29. The topological polar surface area (TPSA) is 287 Å². The van der Waals surface area contributed by atoms with Crippen molar-refractivity contribution in [1.82, 2.24) is 51.8 Å². The van der Waals surface area contributed by atoms with Gasteiger partial charge in [-0.15, -0.1) is 0 Å². The molecule has 13 N–H and O–H groups in total. The molecule has 6 aromatic rings. The van der Waals surface area contributed by atoms with Gasteiger partial charge in [-0.1, -0.05) is 66.7 Å². The van der Waals surface area contributed by atoms with E-state index in [0.29, 0.717) is 44.5 Å². The molecule has 0 bridgehead atoms. The lowest BCUT2D eigenvalue weighted by Gasteiger charge is -2.29. The van der Waals surface area contributed by atoms with Crippen LogP contribution in [0.2, 0.25) is 0 Å². The summed E-state index contributed by atoms with van der Waals surface area (Å²) in [5.74, 6) is -3.95. The summed E-state index contributed by atoms with van der Waals surface area (Å²) in [5.41, 5.74) is 16.0. The highest BCUT2D eigenvalue weighted by atomic mass is 16.2. The highest BCUT2D eigenvalue weighted by Crippen LogP contribution is 2.22. The molecule has 352 valence electrons. The molecule has 1 saturated heterocycles. The van der Waals surface area contributed by atoms with Crippen LogP contribution in [0.4, 0.5) is 0 Å². The molecule has 0 aliphatic carbocycles. The molecule has 0 spiro atoms. The van der Waals surface area contributed by atoms with Crippen LogP contribution >= 0.6 is 0 Å². The summed E-state index contributed by atoms with van der Waals surface area (Å²) in [6, 6.07) is 16.9. The SMILES string of the molecule is NCCCC[C@@H]1NC(=O)[C@@H](Cc2c[nH]c3ccccc23)NC(=O)[C@H](Cc2cnc[nH]2)NC(=O)[C@@H](Cc2ccccc2)NC(=O)[C@H](Cc2c[nH]c3ccccc23)NC(=O)[C@@H](CCCCN)NC1=O. The zero-order valence-electron chi connectivity index (χ0n) is 37.3. The second-order valence-corrected chi connectivity index (χ2v) is 17.0. The first-order valence-corrected chi connectivity index (χ1v) is 22.9. The van der Waals surface area contributed by atoms with Crippen molar-refractivity contribution >= 4 is 57.2 Å². The van der Waals surface area contributed by atoms with Crippen LogP contribution in [-0.2, 0) is 54.5 Å². The average molecular weight is 913 g/mol. The third-order valence-electron chi connectivity index (χ3n) is 12.2. The van der Waals surface area contributed by atoms with Gasteiger partial charge in [-0.25, -0.2) is 4.98 Å². The predicted octanol–water partition coefficient (Wildman–Crippen LogP) is 1.82. The Hall–Kier alpha value is -7.31. The molecular weight excluding hydrogens is 853 g/mol. The fraction of sp³-hybridized carbons (Fsp3) is 0.367. The normalized spacial score (nSPS) is 21.4. The maximum atomic E-state index is 14.7. The van der Waals surface area contributed by atoms with E-state index in [2.05, 4.69) is 51.8 Å². The van der Waals surface area contributed by atoms with Gasteiger partial charge in [0.25, 0.3) is 0 Å². The number of nitrogens with one attached hydrogen (secondary N) is 9. The molecule has 3 aromatic carbocycles. The summed E-state index contributed by atoms with van der Waals surface area (Å²) in [4.78, 5) is 101. The van der Waals surface area contributed by atoms with E-state index < -0.39 is 71.7 Å². The van der Waals surface area contributed by atoms with Crippen LogP contribution in [0.15, 0.2) is 104 Å². The lowest BCUT2D eigenvalue weighted by molar-refractivity contribution is -0.136. The first-order valence-electron chi connectivity index (χ1n) is 22.9. The number of nitrogens with zero attached hydrogens (tertiary/aromatic N) is 1. The molecule has 0 unspecified atom stereocenters. The molecule has 6 atom stereocenters. The first kappa shape index (κ1) is 47.6. The third-order valence-corrected chi connectivity index (χ3v) is 12.2. The Kier molecular flexibility index (Phi) is 16.5. The summed E-state index contributed by atoms with van der Waals surface area (Å²) in [6.45, 7) is 0.698. The van der Waals surface area contributed by atoms with E-state index in [0.717, 1.165) is 38.5 Å². The molecule has 67 heavy (non-hydrogen) atoms. The number of aromatic amines is 3. The first-order chi connectivity index (χ1) is 32.6. The van der Waals surface area contributed by atoms with Gasteiger partial charge in [0, 0.05) is 71.8 Å². The third kappa shape index (κ3) is 12.7. The molecular formula is C49H60N12O6. The summed E-state index contributed by atoms with van der Waals surface area (Å²) in [7, 11) is 0. The second kappa shape index (κ2) is 23.2. The molecule has 6 amide bonds. The van der Waals surface area contributed by atoms with Gasteiger partial charge < -0.3 is 58.3 Å². The Morgan fingerprint density at radius 2 is 0.836 bits per heavy atom. The number of H-pyrrole nitrogens is 3. The van der Waals surface area contributed by atoms with Crippen molar-refractivity contribution in [3.05, 3.63) is 126 Å². The highest BCUT2D eigenvalue weighted by Gasteiger charge is 2.36. The minimum atomic E-state index is -1.28. The number of imidazole rings is 1. The number of carbonyl (C=O) groups is 6. The van der Waals surface area contributed by atoms with Crippen molar-refractivity contribution in [2.24, 2.45) is 11.5 Å². The van der Waals surface area contributed by atoms with Gasteiger partial charge in [0.05, 0.1) is 6.33 Å².